The summed E-state index contributed by atoms with van der Waals surface area (Å²) in [5.74, 6) is 0. The Balaban J connectivity index is 2.39. The lowest BCUT2D eigenvalue weighted by molar-refractivity contribution is 1.32. The zero-order valence-corrected chi connectivity index (χ0v) is 15.0. The summed E-state index contributed by atoms with van der Waals surface area (Å²) in [5.41, 5.74) is 12.2. The van der Waals surface area contributed by atoms with Crippen molar-refractivity contribution in [1.29, 1.82) is 0 Å². The van der Waals surface area contributed by atoms with Crippen LogP contribution in [0.5, 0.6) is 0 Å². The van der Waals surface area contributed by atoms with Crippen LogP contribution in [0.2, 0.25) is 0 Å². The Labute approximate surface area is 146 Å². The first-order valence-electron chi connectivity index (χ1n) is 8.36. The van der Waals surface area contributed by atoms with Crippen LogP contribution in [0.4, 0.5) is 0 Å². The molecule has 0 unspecified atom stereocenters. The first kappa shape index (κ1) is 16.5. The van der Waals surface area contributed by atoms with E-state index in [1.54, 1.807) is 0 Å². The molecule has 0 heteroatoms. The van der Waals surface area contributed by atoms with E-state index in [0.717, 1.165) is 11.1 Å². The molecule has 2 radical (unpaired) electrons. The molecule has 0 bridgehead atoms. The SMILES string of the molecule is [CH2]c1ccc(-c2cccc(C)c2C)c(-c2cccc(C)c2C)c1[CH2]. The molecule has 0 aliphatic heterocycles. The third-order valence-electron chi connectivity index (χ3n) is 5.18. The van der Waals surface area contributed by atoms with Crippen LogP contribution in [0.3, 0.4) is 0 Å². The van der Waals surface area contributed by atoms with Gasteiger partial charge in [0.2, 0.25) is 0 Å². The Morgan fingerprint density at radius 2 is 1.12 bits per heavy atom. The summed E-state index contributed by atoms with van der Waals surface area (Å²) in [4.78, 5) is 0. The van der Waals surface area contributed by atoms with E-state index in [9.17, 15) is 0 Å². The molecule has 3 aromatic rings. The minimum atomic E-state index is 0.986. The molecule has 3 rings (SSSR count). The van der Waals surface area contributed by atoms with Gasteiger partial charge in [-0.2, -0.15) is 0 Å². The lowest BCUT2D eigenvalue weighted by Crippen LogP contribution is -1.97. The summed E-state index contributed by atoms with van der Waals surface area (Å²) in [6, 6.07) is 17.2. The quantitative estimate of drug-likeness (QED) is 0.499. The smallest absolute Gasteiger partial charge is 0.00676 e. The highest BCUT2D eigenvalue weighted by molar-refractivity contribution is 5.90. The average Bonchev–Trinajstić information content (AvgIpc) is 2.56. The summed E-state index contributed by atoms with van der Waals surface area (Å²) < 4.78 is 0. The Kier molecular flexibility index (Phi) is 4.32. The van der Waals surface area contributed by atoms with Gasteiger partial charge < -0.3 is 0 Å². The van der Waals surface area contributed by atoms with Crippen LogP contribution in [0.25, 0.3) is 22.3 Å². The van der Waals surface area contributed by atoms with Crippen molar-refractivity contribution in [2.75, 3.05) is 0 Å². The Morgan fingerprint density at radius 3 is 1.75 bits per heavy atom. The van der Waals surface area contributed by atoms with Gasteiger partial charge in [0.25, 0.3) is 0 Å². The predicted molar refractivity (Wildman–Crippen MR) is 105 cm³/mol. The van der Waals surface area contributed by atoms with Crippen LogP contribution < -0.4 is 0 Å². The van der Waals surface area contributed by atoms with E-state index in [1.807, 2.05) is 0 Å². The fourth-order valence-electron chi connectivity index (χ4n) is 3.29. The second-order valence-electron chi connectivity index (χ2n) is 6.62. The van der Waals surface area contributed by atoms with Crippen molar-refractivity contribution in [3.63, 3.8) is 0 Å². The predicted octanol–water partition coefficient (Wildman–Crippen LogP) is 6.62. The normalized spacial score (nSPS) is 10.9. The molecule has 0 atom stereocenters. The summed E-state index contributed by atoms with van der Waals surface area (Å²) in [5, 5.41) is 0. The maximum Gasteiger partial charge on any atom is -0.00676 e. The molecule has 0 aliphatic rings. The average molecular weight is 312 g/mol. The van der Waals surface area contributed by atoms with Crippen LogP contribution in [0, 0.1) is 41.5 Å². The molecule has 0 N–H and O–H groups in total. The third-order valence-corrected chi connectivity index (χ3v) is 5.18. The van der Waals surface area contributed by atoms with Crippen LogP contribution in [-0.4, -0.2) is 0 Å². The number of benzene rings is 3. The first-order chi connectivity index (χ1) is 11.4. The van der Waals surface area contributed by atoms with Crippen LogP contribution in [0.1, 0.15) is 33.4 Å². The molecule has 0 fully saturated rings. The van der Waals surface area contributed by atoms with Gasteiger partial charge in [0.15, 0.2) is 0 Å². The van der Waals surface area contributed by atoms with E-state index in [1.165, 1.54) is 44.5 Å². The Bertz CT molecular complexity index is 914. The lowest BCUT2D eigenvalue weighted by Gasteiger charge is -2.20. The molecule has 0 saturated carbocycles. The minimum Gasteiger partial charge on any atom is -0.0614 e. The van der Waals surface area contributed by atoms with Crippen molar-refractivity contribution in [3.05, 3.63) is 95.8 Å². The number of aryl methyl sites for hydroxylation is 2. The van der Waals surface area contributed by atoms with Gasteiger partial charge in [-0.1, -0.05) is 48.5 Å². The number of hydrogen-bond donors (Lipinski definition) is 0. The molecule has 0 aromatic heterocycles. The number of rotatable bonds is 2. The van der Waals surface area contributed by atoms with Gasteiger partial charge in [0.1, 0.15) is 0 Å². The molecule has 0 saturated heterocycles. The van der Waals surface area contributed by atoms with Crippen molar-refractivity contribution >= 4 is 0 Å². The van der Waals surface area contributed by atoms with Crippen LogP contribution >= 0.6 is 0 Å². The summed E-state index contributed by atoms with van der Waals surface area (Å²) in [6.07, 6.45) is 0. The summed E-state index contributed by atoms with van der Waals surface area (Å²) in [7, 11) is 0. The summed E-state index contributed by atoms with van der Waals surface area (Å²) in [6.45, 7) is 17.2. The van der Waals surface area contributed by atoms with Gasteiger partial charge in [-0.25, -0.2) is 0 Å². The van der Waals surface area contributed by atoms with E-state index in [4.69, 9.17) is 0 Å². The zero-order valence-electron chi connectivity index (χ0n) is 15.0. The highest BCUT2D eigenvalue weighted by Gasteiger charge is 2.16. The second kappa shape index (κ2) is 6.28. The standard InChI is InChI=1S/C24H24/c1-15-9-7-11-21(18(15)4)23-14-13-17(3)20(6)24(23)22-12-8-10-16(2)19(22)5/h7-14H,3,6H2,1-2,4-5H3. The van der Waals surface area contributed by atoms with Crippen LogP contribution in [-0.2, 0) is 0 Å². The molecule has 24 heavy (non-hydrogen) atoms. The minimum absolute atomic E-state index is 0.986. The lowest BCUT2D eigenvalue weighted by atomic mass is 9.84. The van der Waals surface area contributed by atoms with E-state index < -0.39 is 0 Å². The highest BCUT2D eigenvalue weighted by Crippen LogP contribution is 2.39. The molecule has 0 amide bonds. The van der Waals surface area contributed by atoms with Crippen molar-refractivity contribution in [3.8, 4) is 22.3 Å². The van der Waals surface area contributed by atoms with E-state index in [2.05, 4.69) is 90.1 Å². The number of hydrogen-bond acceptors (Lipinski definition) is 0. The molecule has 0 nitrogen and oxygen atoms in total. The Hall–Kier alpha value is -2.34. The molecule has 3 aromatic carbocycles. The molecular weight excluding hydrogens is 288 g/mol. The van der Waals surface area contributed by atoms with Gasteiger partial charge in [-0.05, 0) is 97.2 Å². The Morgan fingerprint density at radius 1 is 0.583 bits per heavy atom. The molecule has 0 aliphatic carbocycles. The summed E-state index contributed by atoms with van der Waals surface area (Å²) >= 11 is 0. The first-order valence-corrected chi connectivity index (χ1v) is 8.36. The van der Waals surface area contributed by atoms with Crippen molar-refractivity contribution < 1.29 is 0 Å². The van der Waals surface area contributed by atoms with Crippen molar-refractivity contribution in [1.82, 2.24) is 0 Å². The monoisotopic (exact) mass is 312 g/mol. The van der Waals surface area contributed by atoms with E-state index in [0.29, 0.717) is 0 Å². The third kappa shape index (κ3) is 2.67. The van der Waals surface area contributed by atoms with Crippen molar-refractivity contribution in [2.24, 2.45) is 0 Å². The molecule has 0 heterocycles. The van der Waals surface area contributed by atoms with Gasteiger partial charge in [-0.3, -0.25) is 0 Å². The van der Waals surface area contributed by atoms with E-state index >= 15 is 0 Å². The maximum atomic E-state index is 4.34. The van der Waals surface area contributed by atoms with Gasteiger partial charge in [0, 0.05) is 0 Å². The molecular formula is C24H24. The fraction of sp³-hybridized carbons (Fsp3) is 0.167. The molecule has 120 valence electrons. The van der Waals surface area contributed by atoms with E-state index in [-0.39, 0.29) is 0 Å². The van der Waals surface area contributed by atoms with Gasteiger partial charge in [-0.15, -0.1) is 0 Å². The largest absolute Gasteiger partial charge is 0.0614 e. The van der Waals surface area contributed by atoms with Crippen LogP contribution in [0.15, 0.2) is 48.5 Å². The zero-order chi connectivity index (χ0) is 17.4. The fourth-order valence-corrected chi connectivity index (χ4v) is 3.29. The van der Waals surface area contributed by atoms with Crippen molar-refractivity contribution in [2.45, 2.75) is 27.7 Å². The topological polar surface area (TPSA) is 0 Å². The second-order valence-corrected chi connectivity index (χ2v) is 6.62. The highest BCUT2D eigenvalue weighted by atomic mass is 14.2. The maximum absolute atomic E-state index is 4.34. The van der Waals surface area contributed by atoms with Gasteiger partial charge in [0.05, 0.1) is 0 Å². The molecule has 0 spiro atoms. The van der Waals surface area contributed by atoms with Gasteiger partial charge >= 0.3 is 0 Å².